The quantitative estimate of drug-likeness (QED) is 0.849. The van der Waals surface area contributed by atoms with Gasteiger partial charge in [0.25, 0.3) is 0 Å². The normalized spacial score (nSPS) is 20.9. The van der Waals surface area contributed by atoms with E-state index in [0.717, 1.165) is 25.7 Å². The van der Waals surface area contributed by atoms with Crippen LogP contribution in [0.1, 0.15) is 43.7 Å². The lowest BCUT2D eigenvalue weighted by molar-refractivity contribution is -0.122. The molecule has 2 atom stereocenters. The van der Waals surface area contributed by atoms with Gasteiger partial charge in [-0.2, -0.15) is 0 Å². The first-order valence-electron chi connectivity index (χ1n) is 7.80. The van der Waals surface area contributed by atoms with Crippen LogP contribution in [0.5, 0.6) is 0 Å². The molecule has 1 amide bonds. The predicted octanol–water partition coefficient (Wildman–Crippen LogP) is 2.85. The van der Waals surface area contributed by atoms with Gasteiger partial charge in [0.15, 0.2) is 0 Å². The molecule has 1 aliphatic rings. The average molecular weight is 311 g/mol. The molecule has 4 heteroatoms. The SMILES string of the molecule is CCc1ccc(CCC(=O)NC2CCCC2CN)cc1.Cl. The summed E-state index contributed by atoms with van der Waals surface area (Å²) in [5.41, 5.74) is 8.32. The van der Waals surface area contributed by atoms with Crippen molar-refractivity contribution in [2.24, 2.45) is 11.7 Å². The predicted molar refractivity (Wildman–Crippen MR) is 89.7 cm³/mol. The third-order valence-corrected chi connectivity index (χ3v) is 4.38. The molecule has 1 aromatic carbocycles. The van der Waals surface area contributed by atoms with Crippen molar-refractivity contribution >= 4 is 18.3 Å². The van der Waals surface area contributed by atoms with Crippen LogP contribution in [0, 0.1) is 5.92 Å². The molecule has 0 aliphatic heterocycles. The number of nitrogens with one attached hydrogen (secondary N) is 1. The number of benzene rings is 1. The summed E-state index contributed by atoms with van der Waals surface area (Å²) < 4.78 is 0. The number of rotatable bonds is 6. The Kier molecular flexibility index (Phi) is 7.76. The topological polar surface area (TPSA) is 55.1 Å². The number of hydrogen-bond donors (Lipinski definition) is 2. The number of carbonyl (C=O) groups excluding carboxylic acids is 1. The second kappa shape index (κ2) is 9.06. The summed E-state index contributed by atoms with van der Waals surface area (Å²) in [6, 6.07) is 8.85. The molecule has 2 rings (SSSR count). The monoisotopic (exact) mass is 310 g/mol. The van der Waals surface area contributed by atoms with E-state index in [4.69, 9.17) is 5.73 Å². The molecule has 0 spiro atoms. The molecule has 0 bridgehead atoms. The van der Waals surface area contributed by atoms with E-state index in [9.17, 15) is 4.79 Å². The molecule has 2 unspecified atom stereocenters. The van der Waals surface area contributed by atoms with E-state index in [1.807, 2.05) is 0 Å². The van der Waals surface area contributed by atoms with E-state index in [2.05, 4.69) is 36.5 Å². The molecule has 3 N–H and O–H groups in total. The van der Waals surface area contributed by atoms with Crippen LogP contribution in [0.15, 0.2) is 24.3 Å². The van der Waals surface area contributed by atoms with Crippen LogP contribution in [0.2, 0.25) is 0 Å². The maximum Gasteiger partial charge on any atom is 0.220 e. The lowest BCUT2D eigenvalue weighted by Crippen LogP contribution is -2.39. The Morgan fingerprint density at radius 1 is 1.24 bits per heavy atom. The van der Waals surface area contributed by atoms with E-state index < -0.39 is 0 Å². The van der Waals surface area contributed by atoms with Crippen molar-refractivity contribution in [3.8, 4) is 0 Å². The molecule has 0 heterocycles. The molecular formula is C17H27ClN2O. The third kappa shape index (κ3) is 5.33. The standard InChI is InChI=1S/C17H26N2O.ClH/c1-2-13-6-8-14(9-7-13)10-11-17(20)19-16-5-3-4-15(16)12-18;/h6-9,15-16H,2-5,10-12,18H2,1H3,(H,19,20);1H. The second-order valence-electron chi connectivity index (χ2n) is 5.77. The zero-order chi connectivity index (χ0) is 14.4. The van der Waals surface area contributed by atoms with Gasteiger partial charge in [0, 0.05) is 12.5 Å². The number of carbonyl (C=O) groups is 1. The number of aryl methyl sites for hydroxylation is 2. The maximum atomic E-state index is 12.0. The van der Waals surface area contributed by atoms with Gasteiger partial charge in [-0.3, -0.25) is 4.79 Å². The second-order valence-corrected chi connectivity index (χ2v) is 5.77. The fourth-order valence-electron chi connectivity index (χ4n) is 2.99. The number of hydrogen-bond acceptors (Lipinski definition) is 2. The Labute approximate surface area is 134 Å². The zero-order valence-corrected chi connectivity index (χ0v) is 13.6. The number of nitrogens with two attached hydrogens (primary N) is 1. The third-order valence-electron chi connectivity index (χ3n) is 4.38. The molecular weight excluding hydrogens is 284 g/mol. The van der Waals surface area contributed by atoms with Crippen molar-refractivity contribution in [1.82, 2.24) is 5.32 Å². The van der Waals surface area contributed by atoms with Crippen LogP contribution in [0.3, 0.4) is 0 Å². The molecule has 0 saturated heterocycles. The van der Waals surface area contributed by atoms with E-state index >= 15 is 0 Å². The average Bonchev–Trinajstić information content (AvgIpc) is 2.92. The van der Waals surface area contributed by atoms with Crippen molar-refractivity contribution < 1.29 is 4.79 Å². The minimum absolute atomic E-state index is 0. The fraction of sp³-hybridized carbons (Fsp3) is 0.588. The molecule has 0 aromatic heterocycles. The van der Waals surface area contributed by atoms with Crippen LogP contribution < -0.4 is 11.1 Å². The minimum atomic E-state index is 0. The maximum absolute atomic E-state index is 12.0. The van der Waals surface area contributed by atoms with Gasteiger partial charge < -0.3 is 11.1 Å². The Morgan fingerprint density at radius 3 is 2.52 bits per heavy atom. The Hall–Kier alpha value is -1.06. The summed E-state index contributed by atoms with van der Waals surface area (Å²) in [6.45, 7) is 2.83. The van der Waals surface area contributed by atoms with E-state index in [-0.39, 0.29) is 18.3 Å². The molecule has 1 saturated carbocycles. The van der Waals surface area contributed by atoms with Gasteiger partial charge >= 0.3 is 0 Å². The smallest absolute Gasteiger partial charge is 0.220 e. The van der Waals surface area contributed by atoms with E-state index in [1.165, 1.54) is 17.5 Å². The van der Waals surface area contributed by atoms with Crippen LogP contribution in [0.4, 0.5) is 0 Å². The zero-order valence-electron chi connectivity index (χ0n) is 12.8. The number of amides is 1. The molecule has 3 nitrogen and oxygen atoms in total. The highest BCUT2D eigenvalue weighted by atomic mass is 35.5. The molecule has 1 aliphatic carbocycles. The fourth-order valence-corrected chi connectivity index (χ4v) is 2.99. The van der Waals surface area contributed by atoms with Crippen molar-refractivity contribution in [2.45, 2.75) is 51.5 Å². The highest BCUT2D eigenvalue weighted by molar-refractivity contribution is 5.85. The van der Waals surface area contributed by atoms with Crippen LogP contribution in [0.25, 0.3) is 0 Å². The first-order chi connectivity index (χ1) is 9.72. The highest BCUT2D eigenvalue weighted by Crippen LogP contribution is 2.24. The molecule has 21 heavy (non-hydrogen) atoms. The summed E-state index contributed by atoms with van der Waals surface area (Å²) in [7, 11) is 0. The van der Waals surface area contributed by atoms with Crippen molar-refractivity contribution in [1.29, 1.82) is 0 Å². The van der Waals surface area contributed by atoms with Crippen LogP contribution >= 0.6 is 12.4 Å². The Balaban J connectivity index is 0.00000220. The van der Waals surface area contributed by atoms with E-state index in [0.29, 0.717) is 24.9 Å². The highest BCUT2D eigenvalue weighted by Gasteiger charge is 2.26. The van der Waals surface area contributed by atoms with E-state index in [1.54, 1.807) is 0 Å². The van der Waals surface area contributed by atoms with Crippen LogP contribution in [-0.2, 0) is 17.6 Å². The summed E-state index contributed by atoms with van der Waals surface area (Å²) in [6.07, 6.45) is 5.86. The molecule has 1 aromatic rings. The van der Waals surface area contributed by atoms with Gasteiger partial charge in [-0.15, -0.1) is 12.4 Å². The molecule has 0 radical (unpaired) electrons. The summed E-state index contributed by atoms with van der Waals surface area (Å²) in [5.74, 6) is 0.637. The summed E-state index contributed by atoms with van der Waals surface area (Å²) >= 11 is 0. The van der Waals surface area contributed by atoms with Gasteiger partial charge in [0.2, 0.25) is 5.91 Å². The van der Waals surface area contributed by atoms with Crippen molar-refractivity contribution in [3.05, 3.63) is 35.4 Å². The van der Waals surface area contributed by atoms with Gasteiger partial charge in [0.1, 0.15) is 0 Å². The Morgan fingerprint density at radius 2 is 1.90 bits per heavy atom. The largest absolute Gasteiger partial charge is 0.353 e. The van der Waals surface area contributed by atoms with Crippen LogP contribution in [-0.4, -0.2) is 18.5 Å². The van der Waals surface area contributed by atoms with Gasteiger partial charge in [-0.25, -0.2) is 0 Å². The summed E-state index contributed by atoms with van der Waals surface area (Å²) in [4.78, 5) is 12.0. The van der Waals surface area contributed by atoms with Gasteiger partial charge in [0.05, 0.1) is 0 Å². The Bertz CT molecular complexity index is 433. The van der Waals surface area contributed by atoms with Gasteiger partial charge in [-0.05, 0) is 49.3 Å². The molecule has 1 fully saturated rings. The van der Waals surface area contributed by atoms with Crippen molar-refractivity contribution in [2.75, 3.05) is 6.54 Å². The lowest BCUT2D eigenvalue weighted by atomic mass is 10.0. The number of halogens is 1. The first-order valence-corrected chi connectivity index (χ1v) is 7.80. The first kappa shape index (κ1) is 18.0. The van der Waals surface area contributed by atoms with Gasteiger partial charge in [-0.1, -0.05) is 37.6 Å². The summed E-state index contributed by atoms with van der Waals surface area (Å²) in [5, 5.41) is 3.15. The molecule has 118 valence electrons. The lowest BCUT2D eigenvalue weighted by Gasteiger charge is -2.19. The minimum Gasteiger partial charge on any atom is -0.353 e. The van der Waals surface area contributed by atoms with Crippen molar-refractivity contribution in [3.63, 3.8) is 0 Å².